The molecule has 0 aliphatic heterocycles. The Bertz CT molecular complexity index is 473. The first kappa shape index (κ1) is 14.0. The van der Waals surface area contributed by atoms with Gasteiger partial charge in [-0.3, -0.25) is 4.79 Å². The molecule has 102 valence electrons. The van der Waals surface area contributed by atoms with Crippen LogP contribution in [0.15, 0.2) is 24.3 Å². The van der Waals surface area contributed by atoms with Crippen molar-refractivity contribution in [2.24, 2.45) is 11.7 Å². The fraction of sp³-hybridized carbons (Fsp3) is 0.467. The first-order valence-corrected chi connectivity index (χ1v) is 7.20. The predicted octanol–water partition coefficient (Wildman–Crippen LogP) is 1.97. The fourth-order valence-electron chi connectivity index (χ4n) is 2.54. The number of nitrogens with two attached hydrogens (primary N) is 1. The molecule has 0 saturated heterocycles. The lowest BCUT2D eigenvalue weighted by atomic mass is 9.83. The molecule has 1 aromatic carbocycles. The third-order valence-corrected chi connectivity index (χ3v) is 3.82. The normalized spacial score (nSPS) is 17.6. The first-order chi connectivity index (χ1) is 9.16. The van der Waals surface area contributed by atoms with Gasteiger partial charge in [0.25, 0.3) is 0 Å². The van der Waals surface area contributed by atoms with Crippen LogP contribution in [-0.2, 0) is 17.6 Å². The van der Waals surface area contributed by atoms with Gasteiger partial charge in [0.05, 0.1) is 4.99 Å². The van der Waals surface area contributed by atoms with Crippen LogP contribution in [-0.4, -0.2) is 17.4 Å². The molecule has 0 bridgehead atoms. The Morgan fingerprint density at radius 3 is 2.84 bits per heavy atom. The maximum Gasteiger partial charge on any atom is 0.223 e. The summed E-state index contributed by atoms with van der Waals surface area (Å²) >= 11 is 4.81. The van der Waals surface area contributed by atoms with Crippen molar-refractivity contribution >= 4 is 23.1 Å². The highest BCUT2D eigenvalue weighted by Crippen LogP contribution is 2.25. The van der Waals surface area contributed by atoms with Gasteiger partial charge < -0.3 is 11.1 Å². The van der Waals surface area contributed by atoms with Gasteiger partial charge in [0.1, 0.15) is 0 Å². The van der Waals surface area contributed by atoms with Crippen LogP contribution >= 0.6 is 12.2 Å². The van der Waals surface area contributed by atoms with E-state index in [4.69, 9.17) is 18.0 Å². The Labute approximate surface area is 119 Å². The quantitative estimate of drug-likeness (QED) is 0.638. The van der Waals surface area contributed by atoms with E-state index in [1.807, 2.05) is 6.07 Å². The highest BCUT2D eigenvalue weighted by Gasteiger charge is 2.23. The molecule has 1 atom stereocenters. The number of hydrogen-bond donors (Lipinski definition) is 2. The van der Waals surface area contributed by atoms with E-state index in [0.717, 1.165) is 25.7 Å². The van der Waals surface area contributed by atoms with Gasteiger partial charge in [-0.2, -0.15) is 0 Å². The lowest BCUT2D eigenvalue weighted by molar-refractivity contribution is -0.125. The van der Waals surface area contributed by atoms with Crippen LogP contribution in [0.3, 0.4) is 0 Å². The molecule has 1 unspecified atom stereocenters. The maximum atomic E-state index is 12.1. The minimum Gasteiger partial charge on any atom is -0.393 e. The summed E-state index contributed by atoms with van der Waals surface area (Å²) in [6.07, 6.45) is 4.32. The van der Waals surface area contributed by atoms with E-state index in [-0.39, 0.29) is 11.8 Å². The van der Waals surface area contributed by atoms with Crippen LogP contribution in [0.2, 0.25) is 0 Å². The van der Waals surface area contributed by atoms with Gasteiger partial charge in [-0.1, -0.05) is 36.5 Å². The number of carbonyl (C=O) groups excluding carboxylic acids is 1. The summed E-state index contributed by atoms with van der Waals surface area (Å²) in [5, 5.41) is 2.98. The van der Waals surface area contributed by atoms with Gasteiger partial charge >= 0.3 is 0 Å². The number of fused-ring (bicyclic) bond motifs is 1. The number of hydrogen-bond acceptors (Lipinski definition) is 2. The van der Waals surface area contributed by atoms with Crippen LogP contribution < -0.4 is 11.1 Å². The Balaban J connectivity index is 1.80. The number of thiocarbonyl (C=S) groups is 1. The van der Waals surface area contributed by atoms with E-state index in [1.54, 1.807) is 0 Å². The summed E-state index contributed by atoms with van der Waals surface area (Å²) < 4.78 is 0. The molecule has 19 heavy (non-hydrogen) atoms. The molecule has 4 heteroatoms. The standard InChI is InChI=1S/C15H20N2OS/c16-14(19)6-3-9-17-15(18)13-8-7-11-4-1-2-5-12(11)10-13/h1-2,4-5,13H,3,6-10H2,(H2,16,19)(H,17,18). The molecule has 0 spiro atoms. The molecule has 0 aromatic heterocycles. The molecule has 1 aromatic rings. The van der Waals surface area contributed by atoms with Crippen LogP contribution in [0.25, 0.3) is 0 Å². The smallest absolute Gasteiger partial charge is 0.223 e. The molecule has 0 heterocycles. The molecular formula is C15H20N2OS. The summed E-state index contributed by atoms with van der Waals surface area (Å²) in [6, 6.07) is 8.39. The van der Waals surface area contributed by atoms with Crippen LogP contribution in [0, 0.1) is 5.92 Å². The summed E-state index contributed by atoms with van der Waals surface area (Å²) in [6.45, 7) is 0.661. The van der Waals surface area contributed by atoms with Crippen molar-refractivity contribution in [1.82, 2.24) is 5.32 Å². The molecule has 1 aliphatic carbocycles. The van der Waals surface area contributed by atoms with E-state index >= 15 is 0 Å². The molecule has 2 rings (SSSR count). The summed E-state index contributed by atoms with van der Waals surface area (Å²) in [5.74, 6) is 0.275. The number of aryl methyl sites for hydroxylation is 1. The van der Waals surface area contributed by atoms with Crippen molar-refractivity contribution in [3.05, 3.63) is 35.4 Å². The maximum absolute atomic E-state index is 12.1. The van der Waals surface area contributed by atoms with Gasteiger partial charge in [-0.25, -0.2) is 0 Å². The largest absolute Gasteiger partial charge is 0.393 e. The topological polar surface area (TPSA) is 55.1 Å². The molecular weight excluding hydrogens is 256 g/mol. The van der Waals surface area contributed by atoms with E-state index < -0.39 is 0 Å². The fourth-order valence-corrected chi connectivity index (χ4v) is 2.68. The molecule has 1 aliphatic rings. The van der Waals surface area contributed by atoms with Gasteiger partial charge in [0.15, 0.2) is 0 Å². The monoisotopic (exact) mass is 276 g/mol. The van der Waals surface area contributed by atoms with Crippen LogP contribution in [0.4, 0.5) is 0 Å². The molecule has 1 amide bonds. The highest BCUT2D eigenvalue weighted by atomic mass is 32.1. The summed E-state index contributed by atoms with van der Waals surface area (Å²) in [7, 11) is 0. The minimum absolute atomic E-state index is 0.111. The number of nitrogens with one attached hydrogen (secondary N) is 1. The van der Waals surface area contributed by atoms with E-state index in [1.165, 1.54) is 11.1 Å². The van der Waals surface area contributed by atoms with E-state index in [2.05, 4.69) is 23.5 Å². The highest BCUT2D eigenvalue weighted by molar-refractivity contribution is 7.80. The molecule has 0 fully saturated rings. The first-order valence-electron chi connectivity index (χ1n) is 6.79. The molecule has 0 radical (unpaired) electrons. The second-order valence-corrected chi connectivity index (χ2v) is 5.59. The van der Waals surface area contributed by atoms with Crippen molar-refractivity contribution in [3.63, 3.8) is 0 Å². The van der Waals surface area contributed by atoms with Gasteiger partial charge in [0.2, 0.25) is 5.91 Å². The second-order valence-electron chi connectivity index (χ2n) is 5.07. The van der Waals surface area contributed by atoms with Crippen LogP contribution in [0.1, 0.15) is 30.4 Å². The lowest BCUT2D eigenvalue weighted by Gasteiger charge is -2.23. The van der Waals surface area contributed by atoms with Crippen molar-refractivity contribution in [2.75, 3.05) is 6.54 Å². The summed E-state index contributed by atoms with van der Waals surface area (Å²) in [4.78, 5) is 12.6. The van der Waals surface area contributed by atoms with Crippen LogP contribution in [0.5, 0.6) is 0 Å². The predicted molar refractivity (Wildman–Crippen MR) is 81.0 cm³/mol. The lowest BCUT2D eigenvalue weighted by Crippen LogP contribution is -2.34. The third-order valence-electron chi connectivity index (χ3n) is 3.62. The number of amides is 1. The van der Waals surface area contributed by atoms with Crippen molar-refractivity contribution in [1.29, 1.82) is 0 Å². The Kier molecular flexibility index (Phi) is 4.91. The van der Waals surface area contributed by atoms with Crippen molar-refractivity contribution in [2.45, 2.75) is 32.1 Å². The van der Waals surface area contributed by atoms with E-state index in [9.17, 15) is 4.79 Å². The Hall–Kier alpha value is -1.42. The second kappa shape index (κ2) is 6.66. The van der Waals surface area contributed by atoms with E-state index in [0.29, 0.717) is 18.0 Å². The molecule has 3 nitrogen and oxygen atoms in total. The average molecular weight is 276 g/mol. The van der Waals surface area contributed by atoms with Gasteiger partial charge in [0, 0.05) is 12.5 Å². The SMILES string of the molecule is NC(=S)CCCNC(=O)C1CCc2ccccc2C1. The Morgan fingerprint density at radius 2 is 2.11 bits per heavy atom. The number of benzene rings is 1. The average Bonchev–Trinajstić information content (AvgIpc) is 2.42. The van der Waals surface area contributed by atoms with Crippen molar-refractivity contribution < 1.29 is 4.79 Å². The zero-order chi connectivity index (χ0) is 13.7. The molecule has 3 N–H and O–H groups in total. The Morgan fingerprint density at radius 1 is 1.37 bits per heavy atom. The summed E-state index contributed by atoms with van der Waals surface area (Å²) in [5.41, 5.74) is 8.13. The zero-order valence-corrected chi connectivity index (χ0v) is 11.8. The van der Waals surface area contributed by atoms with Gasteiger partial charge in [-0.15, -0.1) is 0 Å². The molecule has 0 saturated carbocycles. The van der Waals surface area contributed by atoms with Gasteiger partial charge in [-0.05, 0) is 43.2 Å². The number of carbonyl (C=O) groups is 1. The zero-order valence-electron chi connectivity index (χ0n) is 11.0. The van der Waals surface area contributed by atoms with Crippen molar-refractivity contribution in [3.8, 4) is 0 Å². The number of rotatable bonds is 5. The third kappa shape index (κ3) is 4.03. The minimum atomic E-state index is 0.111.